The van der Waals surface area contributed by atoms with Gasteiger partial charge in [0.25, 0.3) is 5.91 Å². The number of nitrogens with zero attached hydrogens (tertiary/aromatic N) is 3. The average Bonchev–Trinajstić information content (AvgIpc) is 3.14. The van der Waals surface area contributed by atoms with E-state index >= 15 is 4.39 Å². The van der Waals surface area contributed by atoms with Crippen LogP contribution in [-0.2, 0) is 0 Å². The lowest BCUT2D eigenvalue weighted by Crippen LogP contribution is -2.46. The van der Waals surface area contributed by atoms with E-state index in [0.717, 1.165) is 11.8 Å². The van der Waals surface area contributed by atoms with Crippen LogP contribution in [0.5, 0.6) is 0 Å². The van der Waals surface area contributed by atoms with Gasteiger partial charge in [0.15, 0.2) is 28.9 Å². The molecule has 3 N–H and O–H groups in total. The molecule has 0 radical (unpaired) electrons. The average molecular weight is 548 g/mol. The molecule has 0 bridgehead atoms. The van der Waals surface area contributed by atoms with Gasteiger partial charge in [-0.15, -0.1) is 0 Å². The summed E-state index contributed by atoms with van der Waals surface area (Å²) in [7, 11) is 0. The molecule has 0 spiro atoms. The molecule has 8 nitrogen and oxygen atoms in total. The second-order valence-electron chi connectivity index (χ2n) is 8.64. The van der Waals surface area contributed by atoms with Crippen LogP contribution in [0, 0.1) is 23.3 Å². The van der Waals surface area contributed by atoms with Crippen LogP contribution < -0.4 is 15.6 Å². The Kier molecular flexibility index (Phi) is 7.09. The first-order chi connectivity index (χ1) is 17.7. The third-order valence-electron chi connectivity index (χ3n) is 6.05. The van der Waals surface area contributed by atoms with Crippen molar-refractivity contribution in [1.82, 2.24) is 14.9 Å². The highest BCUT2D eigenvalue weighted by molar-refractivity contribution is 5.97. The first-order valence-corrected chi connectivity index (χ1v) is 11.1. The van der Waals surface area contributed by atoms with Gasteiger partial charge in [-0.2, -0.15) is 13.2 Å². The molecule has 38 heavy (non-hydrogen) atoms. The Bertz CT molecular complexity index is 1440. The molecule has 1 aromatic carbocycles. The molecular formula is C23H19F7N4O4. The van der Waals surface area contributed by atoms with Crippen molar-refractivity contribution in [2.45, 2.75) is 37.8 Å². The number of amides is 1. The Morgan fingerprint density at radius 3 is 2.18 bits per heavy atom. The minimum atomic E-state index is -4.89. The fourth-order valence-corrected chi connectivity index (χ4v) is 4.13. The summed E-state index contributed by atoms with van der Waals surface area (Å²) in [5.41, 5.74) is -4.01. The lowest BCUT2D eigenvalue weighted by atomic mass is 10.1. The summed E-state index contributed by atoms with van der Waals surface area (Å²) in [6.45, 7) is 0.528. The number of nitrogens with one attached hydrogen (secondary N) is 1. The van der Waals surface area contributed by atoms with Gasteiger partial charge >= 0.3 is 6.18 Å². The van der Waals surface area contributed by atoms with Crippen molar-refractivity contribution in [2.24, 2.45) is 0 Å². The summed E-state index contributed by atoms with van der Waals surface area (Å²) in [6, 6.07) is -1.26. The summed E-state index contributed by atoms with van der Waals surface area (Å²) in [5, 5.41) is 20.5. The van der Waals surface area contributed by atoms with E-state index in [1.54, 1.807) is 5.32 Å². The number of aliphatic hydroxyl groups is 2. The van der Waals surface area contributed by atoms with Gasteiger partial charge in [0.1, 0.15) is 23.1 Å². The van der Waals surface area contributed by atoms with E-state index in [1.807, 2.05) is 0 Å². The van der Waals surface area contributed by atoms with Crippen LogP contribution in [-0.4, -0.2) is 63.2 Å². The highest BCUT2D eigenvalue weighted by Crippen LogP contribution is 2.29. The Labute approximate surface area is 208 Å². The fraction of sp³-hybridized carbons (Fsp3) is 0.348. The molecule has 3 heterocycles. The zero-order chi connectivity index (χ0) is 28.1. The number of fused-ring (bicyclic) bond motifs is 1. The van der Waals surface area contributed by atoms with E-state index in [2.05, 4.69) is 4.98 Å². The Hall–Kier alpha value is -3.72. The minimum absolute atomic E-state index is 0.274. The van der Waals surface area contributed by atoms with Gasteiger partial charge in [-0.1, -0.05) is 6.92 Å². The molecule has 1 aliphatic rings. The molecule has 15 heteroatoms. The summed E-state index contributed by atoms with van der Waals surface area (Å²) < 4.78 is 98.2. The highest BCUT2D eigenvalue weighted by Gasteiger charge is 2.40. The number of β-amino-alcohol motifs (C(OH)–C–C–N with tert-alkyl or cyclic N) is 2. The normalized spacial score (nSPS) is 18.7. The van der Waals surface area contributed by atoms with Crippen molar-refractivity contribution in [3.8, 4) is 5.69 Å². The second-order valence-corrected chi connectivity index (χ2v) is 8.64. The van der Waals surface area contributed by atoms with Gasteiger partial charge < -0.3 is 20.4 Å². The van der Waals surface area contributed by atoms with Gasteiger partial charge in [-0.05, 0) is 12.5 Å². The van der Waals surface area contributed by atoms with E-state index < -0.39 is 93.6 Å². The SMILES string of the molecule is CCC(NC(=O)c1cn(-c2c(F)cc(F)cc2F)c2nc(N3C[C@@H](O)[C@H](O)C3)c(F)cc2c1=O)C(F)(F)F. The van der Waals surface area contributed by atoms with Gasteiger partial charge in [-0.3, -0.25) is 14.2 Å². The molecule has 0 saturated carbocycles. The molecule has 3 atom stereocenters. The Balaban J connectivity index is 1.99. The van der Waals surface area contributed by atoms with Crippen molar-refractivity contribution in [2.75, 3.05) is 18.0 Å². The number of rotatable bonds is 5. The van der Waals surface area contributed by atoms with Crippen LogP contribution in [0.1, 0.15) is 23.7 Å². The molecular weight excluding hydrogens is 529 g/mol. The second kappa shape index (κ2) is 9.87. The van der Waals surface area contributed by atoms with Gasteiger partial charge in [0.2, 0.25) is 5.43 Å². The van der Waals surface area contributed by atoms with E-state index in [-0.39, 0.29) is 25.2 Å². The Morgan fingerprint density at radius 2 is 1.66 bits per heavy atom. The zero-order valence-electron chi connectivity index (χ0n) is 19.4. The smallest absolute Gasteiger partial charge is 0.389 e. The number of anilines is 1. The lowest BCUT2D eigenvalue weighted by molar-refractivity contribution is -0.153. The van der Waals surface area contributed by atoms with E-state index in [0.29, 0.717) is 16.8 Å². The molecule has 1 saturated heterocycles. The first kappa shape index (κ1) is 27.3. The first-order valence-electron chi connectivity index (χ1n) is 11.1. The van der Waals surface area contributed by atoms with Crippen LogP contribution in [0.3, 0.4) is 0 Å². The number of hydrogen-bond donors (Lipinski definition) is 3. The Morgan fingerprint density at radius 1 is 1.08 bits per heavy atom. The third-order valence-corrected chi connectivity index (χ3v) is 6.05. The number of aromatic nitrogens is 2. The largest absolute Gasteiger partial charge is 0.408 e. The predicted molar refractivity (Wildman–Crippen MR) is 119 cm³/mol. The number of hydrogen-bond acceptors (Lipinski definition) is 6. The number of carbonyl (C=O) groups excluding carboxylic acids is 1. The summed E-state index contributed by atoms with van der Waals surface area (Å²) in [4.78, 5) is 30.8. The number of pyridine rings is 2. The van der Waals surface area contributed by atoms with Gasteiger partial charge in [0.05, 0.1) is 17.6 Å². The van der Waals surface area contributed by atoms with Crippen molar-refractivity contribution >= 4 is 22.8 Å². The quantitative estimate of drug-likeness (QED) is 0.424. The van der Waals surface area contributed by atoms with E-state index in [9.17, 15) is 46.1 Å². The summed E-state index contributed by atoms with van der Waals surface area (Å²) >= 11 is 0. The monoisotopic (exact) mass is 548 g/mol. The number of benzene rings is 1. The third kappa shape index (κ3) is 4.90. The molecule has 204 valence electrons. The molecule has 1 fully saturated rings. The van der Waals surface area contributed by atoms with Crippen LogP contribution in [0.4, 0.5) is 36.6 Å². The molecule has 4 rings (SSSR count). The van der Waals surface area contributed by atoms with Crippen LogP contribution in [0.2, 0.25) is 0 Å². The summed E-state index contributed by atoms with van der Waals surface area (Å²) in [5.74, 6) is -7.66. The molecule has 1 amide bonds. The van der Waals surface area contributed by atoms with E-state index in [4.69, 9.17) is 0 Å². The predicted octanol–water partition coefficient (Wildman–Crippen LogP) is 2.55. The number of halogens is 7. The number of alkyl halides is 3. The molecule has 0 aliphatic carbocycles. The minimum Gasteiger partial charge on any atom is -0.389 e. The maximum Gasteiger partial charge on any atom is 0.408 e. The standard InChI is InChI=1S/C23H19F7N4O4/c1-2-17(23(28,29)30)31-22(38)11-6-34(18-12(25)3-9(24)4-13(18)26)20-10(19(11)37)5-14(27)21(32-20)33-7-15(35)16(36)8-33/h3-6,15-17,35-36H,2,7-8H2,1H3,(H,31,38)/t15-,16-,17?/m1/s1. The fourth-order valence-electron chi connectivity index (χ4n) is 4.13. The van der Waals surface area contributed by atoms with Gasteiger partial charge in [-0.25, -0.2) is 22.5 Å². The summed E-state index contributed by atoms with van der Waals surface area (Å²) in [6.07, 6.45) is -7.54. The maximum atomic E-state index is 15.0. The highest BCUT2D eigenvalue weighted by atomic mass is 19.4. The van der Waals surface area contributed by atoms with Crippen LogP contribution in [0.25, 0.3) is 16.7 Å². The van der Waals surface area contributed by atoms with Crippen LogP contribution >= 0.6 is 0 Å². The van der Waals surface area contributed by atoms with Gasteiger partial charge in [0, 0.05) is 31.4 Å². The maximum absolute atomic E-state index is 15.0. The van der Waals surface area contributed by atoms with Crippen molar-refractivity contribution in [3.05, 3.63) is 63.5 Å². The number of aliphatic hydroxyl groups excluding tert-OH is 2. The molecule has 3 aromatic rings. The molecule has 2 aromatic heterocycles. The molecule has 1 unspecified atom stereocenters. The van der Waals surface area contributed by atoms with Crippen molar-refractivity contribution in [1.29, 1.82) is 0 Å². The zero-order valence-corrected chi connectivity index (χ0v) is 19.4. The van der Waals surface area contributed by atoms with E-state index in [1.165, 1.54) is 0 Å². The van der Waals surface area contributed by atoms with Crippen molar-refractivity contribution in [3.63, 3.8) is 0 Å². The number of carbonyl (C=O) groups is 1. The van der Waals surface area contributed by atoms with Crippen LogP contribution in [0.15, 0.2) is 29.2 Å². The topological polar surface area (TPSA) is 108 Å². The molecule has 1 aliphatic heterocycles. The van der Waals surface area contributed by atoms with Crippen molar-refractivity contribution < 1.29 is 45.7 Å². The lowest BCUT2D eigenvalue weighted by Gasteiger charge is -2.21.